The average Bonchev–Trinajstić information content (AvgIpc) is 3.59. The molecule has 3 amide bonds. The Balaban J connectivity index is 1.79. The Kier molecular flexibility index (Phi) is 10.9. The van der Waals surface area contributed by atoms with Gasteiger partial charge in [-0.3, -0.25) is 14.4 Å². The number of fused-ring (bicyclic) bond motifs is 1. The summed E-state index contributed by atoms with van der Waals surface area (Å²) in [6.07, 6.45) is 6.71. The van der Waals surface area contributed by atoms with E-state index in [1.165, 1.54) is 24.3 Å². The van der Waals surface area contributed by atoms with Gasteiger partial charge in [0, 0.05) is 41.8 Å². The van der Waals surface area contributed by atoms with Crippen LogP contribution in [0.3, 0.4) is 0 Å². The maximum Gasteiger partial charge on any atom is 0.326 e. The van der Waals surface area contributed by atoms with Crippen molar-refractivity contribution in [3.63, 3.8) is 0 Å². The van der Waals surface area contributed by atoms with Gasteiger partial charge in [-0.1, -0.05) is 18.2 Å². The van der Waals surface area contributed by atoms with Gasteiger partial charge in [-0.15, -0.1) is 0 Å². The van der Waals surface area contributed by atoms with E-state index in [0.717, 1.165) is 16.5 Å². The third kappa shape index (κ3) is 8.30. The first-order chi connectivity index (χ1) is 18.7. The van der Waals surface area contributed by atoms with Crippen molar-refractivity contribution in [3.05, 3.63) is 54.2 Å². The van der Waals surface area contributed by atoms with Crippen molar-refractivity contribution >= 4 is 46.4 Å². The lowest BCUT2D eigenvalue weighted by Gasteiger charge is -2.25. The Morgan fingerprint density at radius 1 is 1.00 bits per heavy atom. The Bertz CT molecular complexity index is 1260. The van der Waals surface area contributed by atoms with E-state index in [0.29, 0.717) is 11.4 Å². The van der Waals surface area contributed by atoms with Crippen LogP contribution in [0.15, 0.2) is 43.0 Å². The van der Waals surface area contributed by atoms with E-state index in [1.807, 2.05) is 30.5 Å². The topological polar surface area (TPSA) is 215 Å². The molecule has 0 fully saturated rings. The Morgan fingerprint density at radius 2 is 1.69 bits per heavy atom. The van der Waals surface area contributed by atoms with Gasteiger partial charge in [0.2, 0.25) is 17.7 Å². The predicted octanol–water partition coefficient (Wildman–Crippen LogP) is -0.712. The minimum Gasteiger partial charge on any atom is -0.480 e. The van der Waals surface area contributed by atoms with Crippen molar-refractivity contribution < 1.29 is 29.4 Å². The lowest BCUT2D eigenvalue weighted by Crippen LogP contribution is -2.58. The molecule has 2 aromatic heterocycles. The number of carbonyl (C=O) groups excluding carboxylic acids is 3. The van der Waals surface area contributed by atoms with E-state index >= 15 is 0 Å². The van der Waals surface area contributed by atoms with Gasteiger partial charge >= 0.3 is 5.97 Å². The second-order valence-corrected chi connectivity index (χ2v) is 9.92. The molecule has 4 atom stereocenters. The summed E-state index contributed by atoms with van der Waals surface area (Å²) >= 11 is 1.46. The standard InChI is InChI=1S/C25H33N7O6S/c1-39-7-6-19(23(35)32-21(25(37)38)9-15-11-27-13-29-15)30-24(36)20(31-22(34)17(26)12-33)8-14-10-28-18-5-3-2-4-16(14)18/h2-5,10-11,13,17,19-21,28,33H,6-9,12,26H2,1H3,(H,27,29)(H,30,36)(H,31,34)(H,32,35)(H,37,38). The molecule has 0 saturated carbocycles. The van der Waals surface area contributed by atoms with Crippen molar-refractivity contribution in [1.82, 2.24) is 30.9 Å². The number of para-hydroxylation sites is 1. The van der Waals surface area contributed by atoms with Crippen LogP contribution in [0, 0.1) is 0 Å². The molecular weight excluding hydrogens is 526 g/mol. The number of aliphatic hydroxyl groups excluding tert-OH is 1. The van der Waals surface area contributed by atoms with Crippen molar-refractivity contribution in [2.24, 2.45) is 5.73 Å². The zero-order valence-corrected chi connectivity index (χ0v) is 22.2. The summed E-state index contributed by atoms with van der Waals surface area (Å²) in [5.74, 6) is -2.79. The summed E-state index contributed by atoms with van der Waals surface area (Å²) in [5.41, 5.74) is 7.77. The zero-order chi connectivity index (χ0) is 28.4. The first-order valence-electron chi connectivity index (χ1n) is 12.2. The van der Waals surface area contributed by atoms with Crippen molar-refractivity contribution in [3.8, 4) is 0 Å². The minimum atomic E-state index is -1.25. The van der Waals surface area contributed by atoms with Crippen molar-refractivity contribution in [1.29, 1.82) is 0 Å². The van der Waals surface area contributed by atoms with Crippen LogP contribution in [0.25, 0.3) is 10.9 Å². The van der Waals surface area contributed by atoms with Gasteiger partial charge < -0.3 is 41.9 Å². The largest absolute Gasteiger partial charge is 0.480 e. The maximum absolute atomic E-state index is 13.5. The highest BCUT2D eigenvalue weighted by Gasteiger charge is 2.31. The number of aromatic nitrogens is 3. The number of benzene rings is 1. The fourth-order valence-electron chi connectivity index (χ4n) is 3.96. The molecule has 0 spiro atoms. The highest BCUT2D eigenvalue weighted by molar-refractivity contribution is 7.98. The molecule has 0 aliphatic carbocycles. The van der Waals surface area contributed by atoms with E-state index in [1.54, 1.807) is 6.20 Å². The van der Waals surface area contributed by atoms with Gasteiger partial charge in [0.05, 0.1) is 12.9 Å². The number of hydrogen-bond donors (Lipinski definition) is 8. The second-order valence-electron chi connectivity index (χ2n) is 8.94. The average molecular weight is 560 g/mol. The van der Waals surface area contributed by atoms with Crippen LogP contribution in [0.4, 0.5) is 0 Å². The Labute approximate surface area is 228 Å². The fourth-order valence-corrected chi connectivity index (χ4v) is 4.43. The van der Waals surface area contributed by atoms with Crippen LogP contribution in [0.5, 0.6) is 0 Å². The molecule has 210 valence electrons. The van der Waals surface area contributed by atoms with Crippen molar-refractivity contribution in [2.75, 3.05) is 18.6 Å². The number of hydrogen-bond acceptors (Lipinski definition) is 8. The summed E-state index contributed by atoms with van der Waals surface area (Å²) in [7, 11) is 0. The number of rotatable bonds is 15. The molecule has 4 unspecified atom stereocenters. The van der Waals surface area contributed by atoms with Gasteiger partial charge in [0.15, 0.2) is 0 Å². The SMILES string of the molecule is CSCCC(NC(=O)C(Cc1c[nH]c2ccccc12)NC(=O)C(N)CO)C(=O)NC(Cc1cnc[nH]1)C(=O)O. The van der Waals surface area contributed by atoms with E-state index in [9.17, 15) is 29.4 Å². The number of aromatic amines is 2. The quantitative estimate of drug-likeness (QED) is 0.118. The number of amides is 3. The summed E-state index contributed by atoms with van der Waals surface area (Å²) in [6.45, 7) is -0.612. The second kappa shape index (κ2) is 14.3. The van der Waals surface area contributed by atoms with E-state index in [-0.39, 0.29) is 19.3 Å². The number of aliphatic hydroxyl groups is 1. The summed E-state index contributed by atoms with van der Waals surface area (Å²) < 4.78 is 0. The predicted molar refractivity (Wildman–Crippen MR) is 146 cm³/mol. The molecule has 0 aliphatic rings. The molecule has 0 aliphatic heterocycles. The molecular formula is C25H33N7O6S. The first-order valence-corrected chi connectivity index (χ1v) is 13.6. The number of carboxylic acid groups (broad SMARTS) is 1. The number of thioether (sulfide) groups is 1. The lowest BCUT2D eigenvalue weighted by molar-refractivity contribution is -0.142. The van der Waals surface area contributed by atoms with Gasteiger partial charge in [-0.2, -0.15) is 11.8 Å². The molecule has 13 nitrogen and oxygen atoms in total. The Hall–Kier alpha value is -3.88. The number of carboxylic acids is 1. The van der Waals surface area contributed by atoms with Crippen LogP contribution in [0.2, 0.25) is 0 Å². The zero-order valence-electron chi connectivity index (χ0n) is 21.3. The van der Waals surface area contributed by atoms with Crippen LogP contribution in [0.1, 0.15) is 17.7 Å². The van der Waals surface area contributed by atoms with E-state index in [4.69, 9.17) is 5.73 Å². The smallest absolute Gasteiger partial charge is 0.326 e. The van der Waals surface area contributed by atoms with Crippen LogP contribution < -0.4 is 21.7 Å². The minimum absolute atomic E-state index is 0.0252. The van der Waals surface area contributed by atoms with Gasteiger partial charge in [0.1, 0.15) is 24.2 Å². The molecule has 0 radical (unpaired) electrons. The first kappa shape index (κ1) is 29.7. The third-order valence-corrected chi connectivity index (χ3v) is 6.75. The van der Waals surface area contributed by atoms with Gasteiger partial charge in [-0.05, 0) is 30.1 Å². The Morgan fingerprint density at radius 3 is 2.36 bits per heavy atom. The monoisotopic (exact) mass is 559 g/mol. The van der Waals surface area contributed by atoms with Gasteiger partial charge in [0.25, 0.3) is 0 Å². The molecule has 14 heteroatoms. The lowest BCUT2D eigenvalue weighted by atomic mass is 10.0. The number of nitrogens with two attached hydrogens (primary N) is 1. The van der Waals surface area contributed by atoms with Gasteiger partial charge in [-0.25, -0.2) is 9.78 Å². The molecule has 9 N–H and O–H groups in total. The number of imidazole rings is 1. The maximum atomic E-state index is 13.5. The number of nitrogens with zero attached hydrogens (tertiary/aromatic N) is 1. The van der Waals surface area contributed by atoms with E-state index < -0.39 is 54.5 Å². The normalized spacial score (nSPS) is 14.2. The van der Waals surface area contributed by atoms with Crippen molar-refractivity contribution in [2.45, 2.75) is 43.4 Å². The third-order valence-electron chi connectivity index (χ3n) is 6.10. The van der Waals surface area contributed by atoms with Crippen LogP contribution in [-0.2, 0) is 32.0 Å². The number of nitrogens with one attached hydrogen (secondary N) is 5. The fraction of sp³-hybridized carbons (Fsp3) is 0.400. The molecule has 39 heavy (non-hydrogen) atoms. The number of carbonyl (C=O) groups is 4. The summed E-state index contributed by atoms with van der Waals surface area (Å²) in [5, 5.41) is 27.5. The number of H-pyrrole nitrogens is 2. The molecule has 0 bridgehead atoms. The number of aliphatic carboxylic acids is 1. The molecule has 3 rings (SSSR count). The molecule has 3 aromatic rings. The molecule has 2 heterocycles. The summed E-state index contributed by atoms with van der Waals surface area (Å²) in [4.78, 5) is 60.7. The molecule has 0 saturated heterocycles. The highest BCUT2D eigenvalue weighted by Crippen LogP contribution is 2.19. The van der Waals surface area contributed by atoms with Crippen LogP contribution in [-0.4, -0.2) is 91.6 Å². The molecule has 1 aromatic carbocycles. The van der Waals surface area contributed by atoms with E-state index in [2.05, 4.69) is 30.9 Å². The summed E-state index contributed by atoms with van der Waals surface area (Å²) in [6, 6.07) is 2.77. The van der Waals surface area contributed by atoms with Crippen LogP contribution >= 0.6 is 11.8 Å². The highest BCUT2D eigenvalue weighted by atomic mass is 32.2.